The van der Waals surface area contributed by atoms with Gasteiger partial charge in [0.1, 0.15) is 12.1 Å². The molecule has 3 N–H and O–H groups in total. The summed E-state index contributed by atoms with van der Waals surface area (Å²) < 4.78 is 70.6. The van der Waals surface area contributed by atoms with Crippen molar-refractivity contribution < 1.29 is 45.8 Å². The second-order valence-corrected chi connectivity index (χ2v) is 11.4. The Balaban J connectivity index is 0.000000493. The Morgan fingerprint density at radius 1 is 1.13 bits per heavy atom. The molecule has 1 aromatic carbocycles. The van der Waals surface area contributed by atoms with Gasteiger partial charge < -0.3 is 20.5 Å². The molecule has 0 unspecified atom stereocenters. The molecule has 1 aliphatic carbocycles. The summed E-state index contributed by atoms with van der Waals surface area (Å²) in [6.07, 6.45) is 3.47. The van der Waals surface area contributed by atoms with Gasteiger partial charge in [-0.2, -0.15) is 4.31 Å². The monoisotopic (exact) mass is 563 g/mol. The number of carbonyl (C=O) groups excluding carboxylic acids is 2. The molecule has 0 aromatic heterocycles. The molecule has 212 valence electrons. The average Bonchev–Trinajstić information content (AvgIpc) is 3.48. The van der Waals surface area contributed by atoms with Gasteiger partial charge in [0.05, 0.1) is 11.3 Å². The number of benzene rings is 1. The van der Waals surface area contributed by atoms with Gasteiger partial charge in [-0.15, -0.1) is 0 Å². The molecule has 38 heavy (non-hydrogen) atoms. The van der Waals surface area contributed by atoms with Crippen LogP contribution in [0.15, 0.2) is 24.5 Å². The number of hydrogen-bond donors (Lipinski definition) is 2. The van der Waals surface area contributed by atoms with Crippen LogP contribution in [-0.2, 0) is 35.6 Å². The third kappa shape index (κ3) is 7.77. The molecule has 0 bridgehead atoms. The number of rotatable bonds is 9. The summed E-state index contributed by atoms with van der Waals surface area (Å²) in [6.45, 7) is 1.43. The Labute approximate surface area is 219 Å². The Morgan fingerprint density at radius 2 is 1.79 bits per heavy atom. The van der Waals surface area contributed by atoms with Crippen molar-refractivity contribution >= 4 is 28.4 Å². The number of sulfonamides is 1. The molecule has 1 aromatic rings. The minimum absolute atomic E-state index is 0. The van der Waals surface area contributed by atoms with Crippen molar-refractivity contribution in [3.8, 4) is 0 Å². The number of likely N-dealkylation sites (tertiary alicyclic amines) is 1. The number of nitrogens with two attached hydrogens (primary N) is 1. The van der Waals surface area contributed by atoms with Crippen molar-refractivity contribution in [2.24, 2.45) is 11.7 Å². The zero-order chi connectivity index (χ0) is 27.3. The number of halogens is 3. The first-order valence-corrected chi connectivity index (χ1v) is 13.1. The van der Waals surface area contributed by atoms with Crippen LogP contribution in [0, 0.1) is 23.4 Å². The number of amides is 1. The van der Waals surface area contributed by atoms with E-state index in [9.17, 15) is 36.0 Å². The molecule has 3 atom stereocenters. The van der Waals surface area contributed by atoms with Crippen LogP contribution in [0.4, 0.5) is 13.2 Å². The van der Waals surface area contributed by atoms with Gasteiger partial charge in [-0.05, 0) is 43.2 Å². The molecule has 2 saturated heterocycles. The third-order valence-electron chi connectivity index (χ3n) is 6.49. The molecule has 14 heteroatoms. The fourth-order valence-electron chi connectivity index (χ4n) is 4.56. The number of aliphatic carboxylic acids is 1. The molecule has 1 saturated carbocycles. The van der Waals surface area contributed by atoms with Gasteiger partial charge in [0.2, 0.25) is 15.9 Å². The van der Waals surface area contributed by atoms with E-state index in [4.69, 9.17) is 10.8 Å². The molecule has 4 rings (SSSR count). The first-order valence-electron chi connectivity index (χ1n) is 11.6. The van der Waals surface area contributed by atoms with Crippen LogP contribution in [-0.4, -0.2) is 78.0 Å². The van der Waals surface area contributed by atoms with E-state index in [2.05, 4.69) is 4.74 Å². The third-order valence-corrected chi connectivity index (χ3v) is 8.82. The van der Waals surface area contributed by atoms with Gasteiger partial charge in [-0.25, -0.2) is 26.4 Å². The number of carboxylic acid groups (broad SMARTS) is 1. The van der Waals surface area contributed by atoms with Crippen LogP contribution in [0.1, 0.15) is 38.7 Å². The predicted molar refractivity (Wildman–Crippen MR) is 130 cm³/mol. The highest BCUT2D eigenvalue weighted by atomic mass is 32.2. The minimum atomic E-state index is -3.27. The number of carboxylic acids is 1. The van der Waals surface area contributed by atoms with Crippen LogP contribution in [0.2, 0.25) is 0 Å². The van der Waals surface area contributed by atoms with Crippen molar-refractivity contribution in [2.45, 2.75) is 56.9 Å². The molecule has 1 amide bonds. The van der Waals surface area contributed by atoms with Crippen molar-refractivity contribution in [3.63, 3.8) is 0 Å². The summed E-state index contributed by atoms with van der Waals surface area (Å²) in [5.74, 6) is -4.58. The lowest BCUT2D eigenvalue weighted by molar-refractivity contribution is -0.133. The van der Waals surface area contributed by atoms with Crippen molar-refractivity contribution in [3.05, 3.63) is 47.5 Å². The molecule has 3 fully saturated rings. The highest BCUT2D eigenvalue weighted by molar-refractivity contribution is 7.90. The molecular formula is C24H32F3N3O7S. The van der Waals surface area contributed by atoms with E-state index in [-0.39, 0.29) is 55.4 Å². The summed E-state index contributed by atoms with van der Waals surface area (Å²) in [5.41, 5.74) is 5.90. The lowest BCUT2D eigenvalue weighted by Crippen LogP contribution is -2.43. The molecular weight excluding hydrogens is 531 g/mol. The average molecular weight is 564 g/mol. The predicted octanol–water partition coefficient (Wildman–Crippen LogP) is 1.78. The SMILES string of the molecule is C.N[C@@H](CC(=O)N1CC[C@H]2CN(S(=O)(=O)C3CC3)C[C@H]21)Cc1cc(F)c(F)cc1F.O=CO/C=C/C(=O)O. The molecule has 10 nitrogen and oxygen atoms in total. The van der Waals surface area contributed by atoms with Crippen molar-refractivity contribution in [1.82, 2.24) is 9.21 Å². The fourth-order valence-corrected chi connectivity index (χ4v) is 6.48. The van der Waals surface area contributed by atoms with Crippen molar-refractivity contribution in [1.29, 1.82) is 0 Å². The largest absolute Gasteiger partial charge is 0.478 e. The zero-order valence-electron chi connectivity index (χ0n) is 19.8. The van der Waals surface area contributed by atoms with Crippen LogP contribution >= 0.6 is 0 Å². The number of nitrogens with zero attached hydrogens (tertiary/aromatic N) is 2. The molecule has 0 spiro atoms. The second-order valence-electron chi connectivity index (χ2n) is 9.16. The van der Waals surface area contributed by atoms with E-state index in [1.165, 1.54) is 4.31 Å². The van der Waals surface area contributed by atoms with Crippen LogP contribution in [0.5, 0.6) is 0 Å². The fraction of sp³-hybridized carbons (Fsp3) is 0.542. The Morgan fingerprint density at radius 3 is 2.39 bits per heavy atom. The van der Waals surface area contributed by atoms with Crippen LogP contribution in [0.25, 0.3) is 0 Å². The molecule has 2 heterocycles. The van der Waals surface area contributed by atoms with Gasteiger partial charge in [-0.3, -0.25) is 9.59 Å². The van der Waals surface area contributed by atoms with Crippen LogP contribution < -0.4 is 5.73 Å². The molecule has 0 radical (unpaired) electrons. The summed E-state index contributed by atoms with van der Waals surface area (Å²) >= 11 is 0. The molecule has 2 aliphatic heterocycles. The summed E-state index contributed by atoms with van der Waals surface area (Å²) in [5, 5.41) is 7.58. The zero-order valence-corrected chi connectivity index (χ0v) is 20.6. The minimum Gasteiger partial charge on any atom is -0.478 e. The number of ether oxygens (including phenoxy) is 1. The highest BCUT2D eigenvalue weighted by Crippen LogP contribution is 2.38. The van der Waals surface area contributed by atoms with Gasteiger partial charge >= 0.3 is 5.97 Å². The Kier molecular flexibility index (Phi) is 10.9. The van der Waals surface area contributed by atoms with Gasteiger partial charge in [-0.1, -0.05) is 7.43 Å². The standard InChI is InChI=1S/C19H24F3N3O3S.C4H4O4.CH4/c20-15-8-17(22)16(21)6-12(15)5-13(23)7-19(26)25-4-3-11-9-24(10-18(11)25)29(27,28)14-1-2-14;5-3-8-2-1-4(6)7;/h6,8,11,13-14,18H,1-5,7,9-10,23H2;1-3H,(H,6,7);1H4/b;2-1+;/t11-,13+,18+;;/m0../s1. The smallest absolute Gasteiger partial charge is 0.331 e. The number of carbonyl (C=O) groups is 3. The lowest BCUT2D eigenvalue weighted by Gasteiger charge is -2.26. The molecule has 3 aliphatic rings. The maximum absolute atomic E-state index is 13.8. The maximum atomic E-state index is 13.8. The van der Waals surface area contributed by atoms with E-state index in [1.54, 1.807) is 4.90 Å². The normalized spacial score (nSPS) is 21.7. The Hall–Kier alpha value is -2.97. The maximum Gasteiger partial charge on any atom is 0.331 e. The first kappa shape index (κ1) is 31.2. The summed E-state index contributed by atoms with van der Waals surface area (Å²) in [4.78, 5) is 33.3. The summed E-state index contributed by atoms with van der Waals surface area (Å²) in [6, 6.07) is 0.313. The quantitative estimate of drug-likeness (QED) is 0.200. The van der Waals surface area contributed by atoms with E-state index < -0.39 is 39.5 Å². The lowest BCUT2D eigenvalue weighted by atomic mass is 10.0. The van der Waals surface area contributed by atoms with E-state index in [1.807, 2.05) is 0 Å². The Bertz CT molecular complexity index is 1160. The first-order chi connectivity index (χ1) is 17.4. The highest BCUT2D eigenvalue weighted by Gasteiger charge is 2.50. The van der Waals surface area contributed by atoms with Gasteiger partial charge in [0, 0.05) is 44.2 Å². The number of fused-ring (bicyclic) bond motifs is 1. The topological polar surface area (TPSA) is 147 Å². The van der Waals surface area contributed by atoms with Gasteiger partial charge in [0.15, 0.2) is 11.6 Å². The number of hydrogen-bond acceptors (Lipinski definition) is 7. The van der Waals surface area contributed by atoms with E-state index >= 15 is 0 Å². The van der Waals surface area contributed by atoms with E-state index in [0.717, 1.165) is 18.7 Å². The summed E-state index contributed by atoms with van der Waals surface area (Å²) in [7, 11) is -3.27. The van der Waals surface area contributed by atoms with Gasteiger partial charge in [0.25, 0.3) is 6.47 Å². The second kappa shape index (κ2) is 13.2. The van der Waals surface area contributed by atoms with Crippen molar-refractivity contribution in [2.75, 3.05) is 19.6 Å². The van der Waals surface area contributed by atoms with E-state index in [0.29, 0.717) is 44.6 Å². The van der Waals surface area contributed by atoms with Crippen LogP contribution in [0.3, 0.4) is 0 Å².